The molecule has 0 aliphatic rings. The number of allylic oxidation sites excluding steroid dienone is 7. The summed E-state index contributed by atoms with van der Waals surface area (Å²) in [7, 11) is 0. The molecule has 0 aliphatic heterocycles. The SMILES string of the molecule is C=C/C(CC(CC)/C(C)=C/c1cc(-c2cccc(C(c3ccccc3)C(C)N/C=C\CC)c2-c2ccccc2C)ccc1C=C)=C(C)\C=C/C. The first-order valence-corrected chi connectivity index (χ1v) is 18.3. The maximum Gasteiger partial charge on any atom is 0.0336 e. The Balaban J connectivity index is 1.94. The second-order valence-corrected chi connectivity index (χ2v) is 13.4. The molecule has 0 radical (unpaired) electrons. The van der Waals surface area contributed by atoms with Crippen LogP contribution in [0, 0.1) is 12.8 Å². The van der Waals surface area contributed by atoms with Crippen molar-refractivity contribution in [3.63, 3.8) is 0 Å². The zero-order valence-electron chi connectivity index (χ0n) is 31.5. The van der Waals surface area contributed by atoms with E-state index in [2.05, 4.69) is 188 Å². The van der Waals surface area contributed by atoms with E-state index < -0.39 is 0 Å². The van der Waals surface area contributed by atoms with Crippen LogP contribution in [0.25, 0.3) is 34.4 Å². The average molecular weight is 660 g/mol. The van der Waals surface area contributed by atoms with Gasteiger partial charge in [-0.25, -0.2) is 0 Å². The smallest absolute Gasteiger partial charge is 0.0336 e. The standard InChI is InChI=1S/C49H57N/c1-10-15-31-50-38(9)48(42-24-17-16-18-25-42)47-28-21-27-46(49(47)45-26-20-19-23-36(45)7)43-30-29-39(12-3)44(34-43)32-37(8)41(14-5)33-40(13-4)35(6)22-11-2/h11-13,15-32,34,38,41,48,50H,3-4,10,14,33H2,1-2,5-9H3/b22-11-,31-15-,37-32+,40-35+. The highest BCUT2D eigenvalue weighted by Crippen LogP contribution is 2.43. The van der Waals surface area contributed by atoms with Gasteiger partial charge in [-0.3, -0.25) is 0 Å². The molecule has 50 heavy (non-hydrogen) atoms. The van der Waals surface area contributed by atoms with Gasteiger partial charge in [0.1, 0.15) is 0 Å². The van der Waals surface area contributed by atoms with Gasteiger partial charge in [-0.05, 0) is 133 Å². The van der Waals surface area contributed by atoms with Crippen molar-refractivity contribution in [2.75, 3.05) is 0 Å². The molecule has 4 rings (SSSR count). The van der Waals surface area contributed by atoms with E-state index in [0.717, 1.165) is 24.8 Å². The summed E-state index contributed by atoms with van der Waals surface area (Å²) in [6.45, 7) is 23.9. The first-order valence-electron chi connectivity index (χ1n) is 18.3. The first kappa shape index (κ1) is 37.9. The number of rotatable bonds is 16. The number of aryl methyl sites for hydroxylation is 1. The summed E-state index contributed by atoms with van der Waals surface area (Å²) < 4.78 is 0. The molecule has 1 heteroatoms. The van der Waals surface area contributed by atoms with Crippen molar-refractivity contribution in [1.29, 1.82) is 0 Å². The van der Waals surface area contributed by atoms with Gasteiger partial charge in [0, 0.05) is 12.0 Å². The molecule has 258 valence electrons. The molecule has 3 atom stereocenters. The molecule has 0 spiro atoms. The molecule has 3 unspecified atom stereocenters. The second kappa shape index (κ2) is 18.8. The molecule has 0 saturated heterocycles. The van der Waals surface area contributed by atoms with Crippen LogP contribution < -0.4 is 5.32 Å². The van der Waals surface area contributed by atoms with Crippen molar-refractivity contribution < 1.29 is 0 Å². The Bertz CT molecular complexity index is 1860. The molecule has 0 fully saturated rings. The van der Waals surface area contributed by atoms with Gasteiger partial charge in [-0.15, -0.1) is 0 Å². The van der Waals surface area contributed by atoms with Crippen LogP contribution in [-0.2, 0) is 0 Å². The Hall–Kier alpha value is -4.88. The van der Waals surface area contributed by atoms with Crippen LogP contribution in [-0.4, -0.2) is 6.04 Å². The van der Waals surface area contributed by atoms with Gasteiger partial charge in [-0.1, -0.05) is 154 Å². The highest BCUT2D eigenvalue weighted by atomic mass is 14.9. The van der Waals surface area contributed by atoms with Crippen molar-refractivity contribution in [2.24, 2.45) is 5.92 Å². The summed E-state index contributed by atoms with van der Waals surface area (Å²) >= 11 is 0. The van der Waals surface area contributed by atoms with Crippen molar-refractivity contribution >= 4 is 12.2 Å². The lowest BCUT2D eigenvalue weighted by molar-refractivity contribution is 0.568. The third kappa shape index (κ3) is 9.21. The van der Waals surface area contributed by atoms with E-state index in [-0.39, 0.29) is 12.0 Å². The quantitative estimate of drug-likeness (QED) is 0.118. The Morgan fingerprint density at radius 3 is 2.22 bits per heavy atom. The summed E-state index contributed by atoms with van der Waals surface area (Å²) in [6.07, 6.45) is 18.0. The Morgan fingerprint density at radius 1 is 0.840 bits per heavy atom. The van der Waals surface area contributed by atoms with Crippen LogP contribution >= 0.6 is 0 Å². The summed E-state index contributed by atoms with van der Waals surface area (Å²) in [5, 5.41) is 3.71. The van der Waals surface area contributed by atoms with E-state index in [1.807, 2.05) is 12.2 Å². The van der Waals surface area contributed by atoms with Gasteiger partial charge in [0.25, 0.3) is 0 Å². The van der Waals surface area contributed by atoms with E-state index in [4.69, 9.17) is 0 Å². The van der Waals surface area contributed by atoms with Crippen molar-refractivity contribution in [3.05, 3.63) is 179 Å². The lowest BCUT2D eigenvalue weighted by Crippen LogP contribution is -2.29. The largest absolute Gasteiger partial charge is 0.388 e. The molecule has 0 amide bonds. The van der Waals surface area contributed by atoms with Crippen LogP contribution in [0.5, 0.6) is 0 Å². The molecule has 0 aliphatic carbocycles. The minimum absolute atomic E-state index is 0.129. The zero-order chi connectivity index (χ0) is 36.0. The molecule has 1 nitrogen and oxygen atoms in total. The van der Waals surface area contributed by atoms with Crippen LogP contribution in [0.3, 0.4) is 0 Å². The van der Waals surface area contributed by atoms with E-state index in [9.17, 15) is 0 Å². The van der Waals surface area contributed by atoms with Gasteiger partial charge in [0.15, 0.2) is 0 Å². The lowest BCUT2D eigenvalue weighted by Gasteiger charge is -2.29. The van der Waals surface area contributed by atoms with Gasteiger partial charge in [0.2, 0.25) is 0 Å². The zero-order valence-corrected chi connectivity index (χ0v) is 31.5. The van der Waals surface area contributed by atoms with Gasteiger partial charge in [0.05, 0.1) is 0 Å². The number of hydrogen-bond donors (Lipinski definition) is 1. The Labute approximate surface area is 303 Å². The fraction of sp³-hybridized carbons (Fsp3) is 0.265. The molecular formula is C49H57N. The topological polar surface area (TPSA) is 12.0 Å². The lowest BCUT2D eigenvalue weighted by atomic mass is 9.78. The van der Waals surface area contributed by atoms with Crippen molar-refractivity contribution in [1.82, 2.24) is 5.32 Å². The third-order valence-corrected chi connectivity index (χ3v) is 9.99. The molecule has 0 saturated carbocycles. The molecular weight excluding hydrogens is 603 g/mol. The van der Waals surface area contributed by atoms with Gasteiger partial charge in [-0.2, -0.15) is 0 Å². The van der Waals surface area contributed by atoms with Crippen LogP contribution in [0.15, 0.2) is 151 Å². The average Bonchev–Trinajstić information content (AvgIpc) is 3.13. The number of benzene rings is 4. The van der Waals surface area contributed by atoms with E-state index >= 15 is 0 Å². The van der Waals surface area contributed by atoms with Crippen LogP contribution in [0.1, 0.15) is 94.5 Å². The predicted molar refractivity (Wildman–Crippen MR) is 222 cm³/mol. The number of hydrogen-bond acceptors (Lipinski definition) is 1. The second-order valence-electron chi connectivity index (χ2n) is 13.4. The highest BCUT2D eigenvalue weighted by Gasteiger charge is 2.26. The van der Waals surface area contributed by atoms with Crippen molar-refractivity contribution in [2.45, 2.75) is 79.7 Å². The maximum absolute atomic E-state index is 4.20. The normalized spacial score (nSPS) is 14.3. The third-order valence-electron chi connectivity index (χ3n) is 9.99. The molecule has 0 aromatic heterocycles. The Morgan fingerprint density at radius 2 is 1.56 bits per heavy atom. The van der Waals surface area contributed by atoms with E-state index in [0.29, 0.717) is 5.92 Å². The minimum atomic E-state index is 0.129. The summed E-state index contributed by atoms with van der Waals surface area (Å²) in [5.74, 6) is 0.544. The molecule has 0 bridgehead atoms. The fourth-order valence-corrected chi connectivity index (χ4v) is 7.13. The van der Waals surface area contributed by atoms with Gasteiger partial charge < -0.3 is 5.32 Å². The highest BCUT2D eigenvalue weighted by molar-refractivity contribution is 5.89. The fourth-order valence-electron chi connectivity index (χ4n) is 7.13. The Kier molecular flexibility index (Phi) is 14.2. The minimum Gasteiger partial charge on any atom is -0.388 e. The summed E-state index contributed by atoms with van der Waals surface area (Å²) in [5.41, 5.74) is 15.2. The van der Waals surface area contributed by atoms with Crippen LogP contribution in [0.2, 0.25) is 0 Å². The summed E-state index contributed by atoms with van der Waals surface area (Å²) in [6, 6.07) is 33.7. The predicted octanol–water partition coefficient (Wildman–Crippen LogP) is 13.9. The summed E-state index contributed by atoms with van der Waals surface area (Å²) in [4.78, 5) is 0. The van der Waals surface area contributed by atoms with E-state index in [1.165, 1.54) is 61.2 Å². The van der Waals surface area contributed by atoms with Crippen molar-refractivity contribution in [3.8, 4) is 22.3 Å². The van der Waals surface area contributed by atoms with Crippen LogP contribution in [0.4, 0.5) is 0 Å². The molecule has 4 aromatic carbocycles. The molecule has 4 aromatic rings. The van der Waals surface area contributed by atoms with E-state index in [1.54, 1.807) is 0 Å². The molecule has 1 N–H and O–H groups in total. The first-order chi connectivity index (χ1) is 24.3. The monoisotopic (exact) mass is 659 g/mol. The number of nitrogens with one attached hydrogen (secondary N) is 1. The van der Waals surface area contributed by atoms with Gasteiger partial charge >= 0.3 is 0 Å². The maximum atomic E-state index is 4.20. The molecule has 0 heterocycles.